The van der Waals surface area contributed by atoms with E-state index in [0.29, 0.717) is 18.4 Å². The van der Waals surface area contributed by atoms with Crippen molar-refractivity contribution in [2.75, 3.05) is 5.32 Å². The largest absolute Gasteiger partial charge is 0.370 e. The topological polar surface area (TPSA) is 67.7 Å². The maximum Gasteiger partial charge on any atom is 0.193 e. The van der Waals surface area contributed by atoms with E-state index in [9.17, 15) is 0 Å². The Morgan fingerprint density at radius 3 is 2.92 bits per heavy atom. The molecular formula is C19H23N5. The lowest BCUT2D eigenvalue weighted by Crippen LogP contribution is -2.22. The molecule has 3 aromatic rings. The monoisotopic (exact) mass is 321 g/mol. The number of imidazole rings is 1. The summed E-state index contributed by atoms with van der Waals surface area (Å²) in [7, 11) is 0. The number of hydrogen-bond donors (Lipinski definition) is 2. The lowest BCUT2D eigenvalue weighted by molar-refractivity contribution is 0.867. The SMILES string of the molecule is Cc1ccn2cc(CN=C(N)Nc3cccc(C(C)C)c3)nc2c1. The Hall–Kier alpha value is -2.82. The molecule has 3 rings (SSSR count). The number of nitrogens with zero attached hydrogens (tertiary/aromatic N) is 3. The fraction of sp³-hybridized carbons (Fsp3) is 0.263. The zero-order valence-corrected chi connectivity index (χ0v) is 14.3. The molecule has 0 radical (unpaired) electrons. The van der Waals surface area contributed by atoms with Crippen LogP contribution >= 0.6 is 0 Å². The first-order chi connectivity index (χ1) is 11.5. The predicted molar refractivity (Wildman–Crippen MR) is 99.4 cm³/mol. The molecule has 0 aliphatic rings. The van der Waals surface area contributed by atoms with Crippen LogP contribution in [0.5, 0.6) is 0 Å². The van der Waals surface area contributed by atoms with Crippen LogP contribution in [0.25, 0.3) is 5.65 Å². The number of aryl methyl sites for hydroxylation is 1. The van der Waals surface area contributed by atoms with Crippen LogP contribution in [0.2, 0.25) is 0 Å². The Kier molecular flexibility index (Phi) is 4.51. The highest BCUT2D eigenvalue weighted by molar-refractivity contribution is 5.92. The van der Waals surface area contributed by atoms with Gasteiger partial charge in [0.2, 0.25) is 0 Å². The van der Waals surface area contributed by atoms with Crippen molar-refractivity contribution >= 4 is 17.3 Å². The first-order valence-corrected chi connectivity index (χ1v) is 8.12. The molecule has 0 atom stereocenters. The molecule has 124 valence electrons. The molecule has 0 amide bonds. The number of nitrogens with two attached hydrogens (primary N) is 1. The number of aliphatic imine (C=N–C) groups is 1. The summed E-state index contributed by atoms with van der Waals surface area (Å²) in [6.45, 7) is 6.84. The van der Waals surface area contributed by atoms with Crippen molar-refractivity contribution in [1.29, 1.82) is 0 Å². The summed E-state index contributed by atoms with van der Waals surface area (Å²) >= 11 is 0. The molecule has 0 saturated carbocycles. The Balaban J connectivity index is 1.70. The van der Waals surface area contributed by atoms with E-state index in [2.05, 4.69) is 54.3 Å². The first kappa shape index (κ1) is 16.1. The molecule has 0 unspecified atom stereocenters. The van der Waals surface area contributed by atoms with Crippen LogP contribution in [0.15, 0.2) is 53.8 Å². The highest BCUT2D eigenvalue weighted by atomic mass is 15.1. The molecule has 2 heterocycles. The Labute approximate surface area is 142 Å². The third-order valence-electron chi connectivity index (χ3n) is 3.90. The van der Waals surface area contributed by atoms with E-state index in [4.69, 9.17) is 5.73 Å². The van der Waals surface area contributed by atoms with E-state index >= 15 is 0 Å². The average molecular weight is 321 g/mol. The molecule has 0 spiro atoms. The maximum atomic E-state index is 6.00. The summed E-state index contributed by atoms with van der Waals surface area (Å²) in [4.78, 5) is 8.95. The molecule has 0 bridgehead atoms. The molecule has 0 aliphatic carbocycles. The second kappa shape index (κ2) is 6.74. The molecule has 0 aliphatic heterocycles. The summed E-state index contributed by atoms with van der Waals surface area (Å²) in [5.74, 6) is 0.871. The van der Waals surface area contributed by atoms with Gasteiger partial charge >= 0.3 is 0 Å². The smallest absolute Gasteiger partial charge is 0.193 e. The number of aromatic nitrogens is 2. The number of nitrogens with one attached hydrogen (secondary N) is 1. The van der Waals surface area contributed by atoms with Gasteiger partial charge in [0, 0.05) is 18.1 Å². The Morgan fingerprint density at radius 2 is 2.12 bits per heavy atom. The van der Waals surface area contributed by atoms with Crippen molar-refractivity contribution in [2.45, 2.75) is 33.2 Å². The van der Waals surface area contributed by atoms with Crippen molar-refractivity contribution in [3.8, 4) is 0 Å². The van der Waals surface area contributed by atoms with Gasteiger partial charge in [0.1, 0.15) is 5.65 Å². The highest BCUT2D eigenvalue weighted by Crippen LogP contribution is 2.18. The number of benzene rings is 1. The van der Waals surface area contributed by atoms with E-state index in [-0.39, 0.29) is 0 Å². The van der Waals surface area contributed by atoms with Crippen LogP contribution in [0.4, 0.5) is 5.69 Å². The fourth-order valence-corrected chi connectivity index (χ4v) is 2.54. The standard InChI is InChI=1S/C19H23N5/c1-13(2)15-5-4-6-16(10-15)23-19(20)21-11-17-12-24-8-7-14(3)9-18(24)22-17/h4-10,12-13H,11H2,1-3H3,(H3,20,21,23). The summed E-state index contributed by atoms with van der Waals surface area (Å²) in [6.07, 6.45) is 3.98. The minimum Gasteiger partial charge on any atom is -0.370 e. The number of rotatable bonds is 4. The lowest BCUT2D eigenvalue weighted by atomic mass is 10.0. The minimum atomic E-state index is 0.393. The lowest BCUT2D eigenvalue weighted by Gasteiger charge is -2.09. The summed E-state index contributed by atoms with van der Waals surface area (Å²) in [5, 5.41) is 3.14. The van der Waals surface area contributed by atoms with Crippen molar-refractivity contribution < 1.29 is 0 Å². The Bertz CT molecular complexity index is 876. The fourth-order valence-electron chi connectivity index (χ4n) is 2.54. The van der Waals surface area contributed by atoms with Crippen molar-refractivity contribution in [3.63, 3.8) is 0 Å². The molecule has 5 heteroatoms. The number of pyridine rings is 1. The van der Waals surface area contributed by atoms with Crippen molar-refractivity contribution in [3.05, 3.63) is 65.6 Å². The van der Waals surface area contributed by atoms with Gasteiger partial charge in [-0.05, 0) is 48.2 Å². The van der Waals surface area contributed by atoms with Gasteiger partial charge in [-0.25, -0.2) is 9.98 Å². The van der Waals surface area contributed by atoms with Crippen molar-refractivity contribution in [1.82, 2.24) is 9.38 Å². The van der Waals surface area contributed by atoms with E-state index in [1.165, 1.54) is 11.1 Å². The second-order valence-corrected chi connectivity index (χ2v) is 6.31. The molecule has 24 heavy (non-hydrogen) atoms. The van der Waals surface area contributed by atoms with Gasteiger partial charge in [-0.1, -0.05) is 26.0 Å². The molecule has 2 aromatic heterocycles. The number of guanidine groups is 1. The van der Waals surface area contributed by atoms with E-state index in [1.54, 1.807) is 0 Å². The van der Waals surface area contributed by atoms with Crippen LogP contribution in [-0.4, -0.2) is 15.3 Å². The van der Waals surface area contributed by atoms with Crippen LogP contribution in [0.1, 0.15) is 36.6 Å². The molecule has 1 aromatic carbocycles. The molecule has 5 nitrogen and oxygen atoms in total. The average Bonchev–Trinajstić information content (AvgIpc) is 2.95. The van der Waals surface area contributed by atoms with Gasteiger partial charge in [-0.15, -0.1) is 0 Å². The van der Waals surface area contributed by atoms with E-state index < -0.39 is 0 Å². The van der Waals surface area contributed by atoms with Gasteiger partial charge < -0.3 is 15.5 Å². The summed E-state index contributed by atoms with van der Waals surface area (Å²) < 4.78 is 1.99. The Morgan fingerprint density at radius 1 is 1.29 bits per heavy atom. The third kappa shape index (κ3) is 3.74. The highest BCUT2D eigenvalue weighted by Gasteiger charge is 2.03. The van der Waals surface area contributed by atoms with Gasteiger partial charge in [0.05, 0.1) is 12.2 Å². The molecule has 0 fully saturated rings. The normalized spacial score (nSPS) is 12.1. The maximum absolute atomic E-state index is 6.00. The summed E-state index contributed by atoms with van der Waals surface area (Å²) in [5.41, 5.74) is 11.2. The number of hydrogen-bond acceptors (Lipinski definition) is 2. The van der Waals surface area contributed by atoms with Gasteiger partial charge in [-0.3, -0.25) is 0 Å². The van der Waals surface area contributed by atoms with Crippen LogP contribution in [0, 0.1) is 6.92 Å². The second-order valence-electron chi connectivity index (χ2n) is 6.31. The quantitative estimate of drug-likeness (QED) is 0.569. The minimum absolute atomic E-state index is 0.393. The predicted octanol–water partition coefficient (Wildman–Crippen LogP) is 3.69. The summed E-state index contributed by atoms with van der Waals surface area (Å²) in [6, 6.07) is 12.3. The van der Waals surface area contributed by atoms with Crippen LogP contribution in [0.3, 0.4) is 0 Å². The van der Waals surface area contributed by atoms with Gasteiger partial charge in [-0.2, -0.15) is 0 Å². The molecular weight excluding hydrogens is 298 g/mol. The van der Waals surface area contributed by atoms with Gasteiger partial charge in [0.25, 0.3) is 0 Å². The number of anilines is 1. The van der Waals surface area contributed by atoms with Gasteiger partial charge in [0.15, 0.2) is 5.96 Å². The van der Waals surface area contributed by atoms with E-state index in [0.717, 1.165) is 17.0 Å². The first-order valence-electron chi connectivity index (χ1n) is 8.12. The van der Waals surface area contributed by atoms with Crippen molar-refractivity contribution in [2.24, 2.45) is 10.7 Å². The molecule has 0 saturated heterocycles. The number of fused-ring (bicyclic) bond motifs is 1. The zero-order valence-electron chi connectivity index (χ0n) is 14.3. The van der Waals surface area contributed by atoms with Crippen LogP contribution < -0.4 is 11.1 Å². The van der Waals surface area contributed by atoms with E-state index in [1.807, 2.05) is 35.0 Å². The third-order valence-corrected chi connectivity index (χ3v) is 3.90. The molecule has 3 N–H and O–H groups in total. The van der Waals surface area contributed by atoms with Crippen LogP contribution in [-0.2, 0) is 6.54 Å². The zero-order chi connectivity index (χ0) is 17.1.